The van der Waals surface area contributed by atoms with E-state index in [1.165, 1.54) is 25.7 Å². The fourth-order valence-electron chi connectivity index (χ4n) is 2.18. The van der Waals surface area contributed by atoms with Crippen molar-refractivity contribution in [3.63, 3.8) is 0 Å². The SMILES string of the molecule is CCCC1(CNc2ncccc2OC)CC1. The van der Waals surface area contributed by atoms with Gasteiger partial charge in [0.2, 0.25) is 0 Å². The highest BCUT2D eigenvalue weighted by molar-refractivity contribution is 5.49. The van der Waals surface area contributed by atoms with Gasteiger partial charge in [0.05, 0.1) is 7.11 Å². The maximum absolute atomic E-state index is 5.27. The van der Waals surface area contributed by atoms with Crippen LogP contribution in [0.4, 0.5) is 5.82 Å². The summed E-state index contributed by atoms with van der Waals surface area (Å²) in [5, 5.41) is 3.42. The van der Waals surface area contributed by atoms with E-state index in [0.717, 1.165) is 18.1 Å². The Balaban J connectivity index is 1.94. The zero-order chi connectivity index (χ0) is 11.4. The van der Waals surface area contributed by atoms with Gasteiger partial charge in [0.25, 0.3) is 0 Å². The fourth-order valence-corrected chi connectivity index (χ4v) is 2.18. The van der Waals surface area contributed by atoms with E-state index in [0.29, 0.717) is 5.41 Å². The lowest BCUT2D eigenvalue weighted by molar-refractivity contribution is 0.413. The monoisotopic (exact) mass is 220 g/mol. The van der Waals surface area contributed by atoms with Crippen LogP contribution in [0, 0.1) is 5.41 Å². The summed E-state index contributed by atoms with van der Waals surface area (Å²) in [6.45, 7) is 3.27. The number of anilines is 1. The Hall–Kier alpha value is -1.25. The van der Waals surface area contributed by atoms with Crippen LogP contribution in [-0.4, -0.2) is 18.6 Å². The van der Waals surface area contributed by atoms with E-state index < -0.39 is 0 Å². The normalized spacial score (nSPS) is 16.9. The van der Waals surface area contributed by atoms with Crippen molar-refractivity contribution in [1.29, 1.82) is 0 Å². The predicted octanol–water partition coefficient (Wildman–Crippen LogP) is 3.08. The van der Waals surface area contributed by atoms with Crippen LogP contribution in [0.2, 0.25) is 0 Å². The maximum atomic E-state index is 5.27. The van der Waals surface area contributed by atoms with Gasteiger partial charge in [-0.1, -0.05) is 13.3 Å². The Kier molecular flexibility index (Phi) is 3.32. The van der Waals surface area contributed by atoms with Gasteiger partial charge in [-0.15, -0.1) is 0 Å². The molecule has 0 aliphatic heterocycles. The van der Waals surface area contributed by atoms with E-state index in [1.54, 1.807) is 13.3 Å². The molecule has 0 amide bonds. The van der Waals surface area contributed by atoms with Gasteiger partial charge in [-0.05, 0) is 36.8 Å². The number of ether oxygens (including phenoxy) is 1. The van der Waals surface area contributed by atoms with Crippen molar-refractivity contribution < 1.29 is 4.74 Å². The predicted molar refractivity (Wildman–Crippen MR) is 65.9 cm³/mol. The number of methoxy groups -OCH3 is 1. The van der Waals surface area contributed by atoms with Crippen LogP contribution in [0.25, 0.3) is 0 Å². The molecule has 0 bridgehead atoms. The molecule has 0 saturated heterocycles. The second kappa shape index (κ2) is 4.73. The maximum Gasteiger partial charge on any atom is 0.168 e. The molecule has 1 saturated carbocycles. The Morgan fingerprint density at radius 2 is 2.31 bits per heavy atom. The third-order valence-electron chi connectivity index (χ3n) is 3.36. The molecule has 1 fully saturated rings. The molecule has 0 radical (unpaired) electrons. The molecule has 3 heteroatoms. The summed E-state index contributed by atoms with van der Waals surface area (Å²) >= 11 is 0. The molecular formula is C13H20N2O. The standard InChI is InChI=1S/C13H20N2O/c1-3-6-13(7-8-13)10-15-12-11(16-2)5-4-9-14-12/h4-5,9H,3,6-8,10H2,1-2H3,(H,14,15). The van der Waals surface area contributed by atoms with Crippen LogP contribution in [0.15, 0.2) is 18.3 Å². The molecule has 1 aromatic rings. The average molecular weight is 220 g/mol. The minimum atomic E-state index is 0.539. The minimum Gasteiger partial charge on any atom is -0.493 e. The van der Waals surface area contributed by atoms with Crippen LogP contribution < -0.4 is 10.1 Å². The van der Waals surface area contributed by atoms with Crippen molar-refractivity contribution in [3.05, 3.63) is 18.3 Å². The molecule has 88 valence electrons. The largest absolute Gasteiger partial charge is 0.493 e. The van der Waals surface area contributed by atoms with Gasteiger partial charge in [-0.3, -0.25) is 0 Å². The molecule has 1 aliphatic carbocycles. The molecule has 2 rings (SSSR count). The number of hydrogen-bond donors (Lipinski definition) is 1. The lowest BCUT2D eigenvalue weighted by atomic mass is 10.0. The summed E-state index contributed by atoms with van der Waals surface area (Å²) in [6.07, 6.45) is 7.08. The number of nitrogens with one attached hydrogen (secondary N) is 1. The molecule has 0 unspecified atom stereocenters. The van der Waals surface area contributed by atoms with Gasteiger partial charge in [-0.2, -0.15) is 0 Å². The molecule has 1 heterocycles. The quantitative estimate of drug-likeness (QED) is 0.800. The van der Waals surface area contributed by atoms with Gasteiger partial charge >= 0.3 is 0 Å². The van der Waals surface area contributed by atoms with Crippen molar-refractivity contribution in [2.45, 2.75) is 32.6 Å². The number of rotatable bonds is 6. The minimum absolute atomic E-state index is 0.539. The van der Waals surface area contributed by atoms with E-state index in [9.17, 15) is 0 Å². The number of pyridine rings is 1. The van der Waals surface area contributed by atoms with Crippen molar-refractivity contribution in [1.82, 2.24) is 4.98 Å². The van der Waals surface area contributed by atoms with E-state index in [4.69, 9.17) is 4.74 Å². The first-order chi connectivity index (χ1) is 7.79. The van der Waals surface area contributed by atoms with E-state index in [-0.39, 0.29) is 0 Å². The highest BCUT2D eigenvalue weighted by Gasteiger charge is 2.41. The molecule has 1 N–H and O–H groups in total. The fraction of sp³-hybridized carbons (Fsp3) is 0.615. The van der Waals surface area contributed by atoms with Crippen molar-refractivity contribution in [3.8, 4) is 5.75 Å². The lowest BCUT2D eigenvalue weighted by Gasteiger charge is -2.16. The molecule has 3 nitrogen and oxygen atoms in total. The smallest absolute Gasteiger partial charge is 0.168 e. The summed E-state index contributed by atoms with van der Waals surface area (Å²) in [4.78, 5) is 4.30. The highest BCUT2D eigenvalue weighted by atomic mass is 16.5. The second-order valence-corrected chi connectivity index (χ2v) is 4.66. The highest BCUT2D eigenvalue weighted by Crippen LogP contribution is 2.49. The van der Waals surface area contributed by atoms with Crippen molar-refractivity contribution in [2.75, 3.05) is 19.0 Å². The molecule has 0 atom stereocenters. The van der Waals surface area contributed by atoms with Crippen LogP contribution in [0.1, 0.15) is 32.6 Å². The summed E-state index contributed by atoms with van der Waals surface area (Å²) in [5.41, 5.74) is 0.539. The van der Waals surface area contributed by atoms with Crippen LogP contribution in [0.3, 0.4) is 0 Å². The first kappa shape index (κ1) is 11.2. The van der Waals surface area contributed by atoms with Gasteiger partial charge < -0.3 is 10.1 Å². The van der Waals surface area contributed by atoms with Gasteiger partial charge in [0.15, 0.2) is 11.6 Å². The zero-order valence-corrected chi connectivity index (χ0v) is 10.1. The van der Waals surface area contributed by atoms with Crippen LogP contribution in [0.5, 0.6) is 5.75 Å². The average Bonchev–Trinajstić information content (AvgIpc) is 3.08. The molecule has 0 aromatic carbocycles. The number of hydrogen-bond acceptors (Lipinski definition) is 3. The molecular weight excluding hydrogens is 200 g/mol. The van der Waals surface area contributed by atoms with E-state index in [2.05, 4.69) is 17.2 Å². The third kappa shape index (κ3) is 2.46. The van der Waals surface area contributed by atoms with E-state index >= 15 is 0 Å². The van der Waals surface area contributed by atoms with Crippen molar-refractivity contribution >= 4 is 5.82 Å². The first-order valence-electron chi connectivity index (χ1n) is 6.02. The summed E-state index contributed by atoms with van der Waals surface area (Å²) in [6, 6.07) is 3.83. The Labute approximate surface area is 97.2 Å². The molecule has 1 aliphatic rings. The van der Waals surface area contributed by atoms with Gasteiger partial charge in [0.1, 0.15) is 0 Å². The van der Waals surface area contributed by atoms with E-state index in [1.807, 2.05) is 12.1 Å². The topological polar surface area (TPSA) is 34.2 Å². The first-order valence-corrected chi connectivity index (χ1v) is 6.02. The van der Waals surface area contributed by atoms with Gasteiger partial charge in [-0.25, -0.2) is 4.98 Å². The molecule has 16 heavy (non-hydrogen) atoms. The van der Waals surface area contributed by atoms with Gasteiger partial charge in [0, 0.05) is 12.7 Å². The zero-order valence-electron chi connectivity index (χ0n) is 10.1. The summed E-state index contributed by atoms with van der Waals surface area (Å²) in [7, 11) is 1.68. The van der Waals surface area contributed by atoms with Crippen molar-refractivity contribution in [2.24, 2.45) is 5.41 Å². The van der Waals surface area contributed by atoms with Crippen LogP contribution in [-0.2, 0) is 0 Å². The molecule has 0 spiro atoms. The Morgan fingerprint density at radius 3 is 2.94 bits per heavy atom. The number of aromatic nitrogens is 1. The number of nitrogens with zero attached hydrogens (tertiary/aromatic N) is 1. The third-order valence-corrected chi connectivity index (χ3v) is 3.36. The second-order valence-electron chi connectivity index (χ2n) is 4.66. The van der Waals surface area contributed by atoms with Crippen LogP contribution >= 0.6 is 0 Å². The summed E-state index contributed by atoms with van der Waals surface area (Å²) < 4.78 is 5.27. The summed E-state index contributed by atoms with van der Waals surface area (Å²) in [5.74, 6) is 1.70. The molecule has 1 aromatic heterocycles. The Morgan fingerprint density at radius 1 is 1.50 bits per heavy atom. The Bertz CT molecular complexity index is 348. The lowest BCUT2D eigenvalue weighted by Crippen LogP contribution is -2.16.